The molecule has 0 saturated heterocycles. The number of pyridine rings is 1. The van der Waals surface area contributed by atoms with Crippen molar-refractivity contribution >= 4 is 5.65 Å². The molecule has 0 saturated carbocycles. The molecule has 0 fully saturated rings. The van der Waals surface area contributed by atoms with Crippen molar-refractivity contribution in [3.63, 3.8) is 0 Å². The summed E-state index contributed by atoms with van der Waals surface area (Å²) >= 11 is 0. The molecule has 0 aliphatic rings. The van der Waals surface area contributed by atoms with E-state index in [4.69, 9.17) is 0 Å². The predicted molar refractivity (Wildman–Crippen MR) is 67.2 cm³/mol. The summed E-state index contributed by atoms with van der Waals surface area (Å²) in [5, 5.41) is 0. The van der Waals surface area contributed by atoms with Crippen LogP contribution in [0.5, 0.6) is 5.75 Å². The van der Waals surface area contributed by atoms with E-state index in [0.29, 0.717) is 16.9 Å². The van der Waals surface area contributed by atoms with Crippen LogP contribution in [0.15, 0.2) is 48.8 Å². The van der Waals surface area contributed by atoms with Gasteiger partial charge in [0.2, 0.25) is 0 Å². The molecule has 0 atom stereocenters. The summed E-state index contributed by atoms with van der Waals surface area (Å²) in [6, 6.07) is 9.06. The molecular formula is C14H9F3N2O. The van der Waals surface area contributed by atoms with Gasteiger partial charge in [-0.05, 0) is 24.3 Å². The molecule has 3 nitrogen and oxygen atoms in total. The lowest BCUT2D eigenvalue weighted by atomic mass is 10.1. The van der Waals surface area contributed by atoms with Crippen molar-refractivity contribution < 1.29 is 17.9 Å². The van der Waals surface area contributed by atoms with Gasteiger partial charge in [-0.3, -0.25) is 0 Å². The zero-order valence-electron chi connectivity index (χ0n) is 10.1. The quantitative estimate of drug-likeness (QED) is 0.729. The zero-order chi connectivity index (χ0) is 14.1. The van der Waals surface area contributed by atoms with Crippen LogP contribution < -0.4 is 4.74 Å². The van der Waals surface area contributed by atoms with Crippen molar-refractivity contribution in [2.75, 3.05) is 0 Å². The van der Waals surface area contributed by atoms with E-state index in [1.54, 1.807) is 24.4 Å². The summed E-state index contributed by atoms with van der Waals surface area (Å²) in [5.41, 5.74) is 1.74. The molecular weight excluding hydrogens is 269 g/mol. The predicted octanol–water partition coefficient (Wildman–Crippen LogP) is 3.74. The number of benzene rings is 1. The molecule has 1 aromatic carbocycles. The number of nitrogens with zero attached hydrogens (tertiary/aromatic N) is 2. The second kappa shape index (κ2) is 4.88. The maximum atomic E-state index is 13.1. The smallest absolute Gasteiger partial charge is 0.387 e. The third kappa shape index (κ3) is 2.45. The van der Waals surface area contributed by atoms with Gasteiger partial charge in [-0.25, -0.2) is 9.37 Å². The summed E-state index contributed by atoms with van der Waals surface area (Å²) in [4.78, 5) is 4.30. The fourth-order valence-corrected chi connectivity index (χ4v) is 1.94. The molecule has 2 heterocycles. The summed E-state index contributed by atoms with van der Waals surface area (Å²) in [7, 11) is 0. The highest BCUT2D eigenvalue weighted by Crippen LogP contribution is 2.24. The Balaban J connectivity index is 2.01. The van der Waals surface area contributed by atoms with Crippen molar-refractivity contribution in [2.24, 2.45) is 0 Å². The Morgan fingerprint density at radius 2 is 1.95 bits per heavy atom. The first kappa shape index (κ1) is 12.5. The minimum Gasteiger partial charge on any atom is -0.435 e. The zero-order valence-corrected chi connectivity index (χ0v) is 10.1. The van der Waals surface area contributed by atoms with Gasteiger partial charge in [0, 0.05) is 18.0 Å². The Kier molecular flexibility index (Phi) is 3.06. The lowest BCUT2D eigenvalue weighted by Gasteiger charge is -2.05. The molecule has 0 unspecified atom stereocenters. The number of halogens is 3. The number of imidazole rings is 1. The number of alkyl halides is 2. The highest BCUT2D eigenvalue weighted by Gasteiger charge is 2.08. The number of rotatable bonds is 3. The molecule has 20 heavy (non-hydrogen) atoms. The molecule has 3 rings (SSSR count). The van der Waals surface area contributed by atoms with E-state index in [1.807, 2.05) is 0 Å². The van der Waals surface area contributed by atoms with Gasteiger partial charge in [-0.1, -0.05) is 12.1 Å². The van der Waals surface area contributed by atoms with Crippen LogP contribution in [0.4, 0.5) is 13.2 Å². The van der Waals surface area contributed by atoms with Gasteiger partial charge in [-0.2, -0.15) is 8.78 Å². The Bertz CT molecular complexity index is 755. The minimum atomic E-state index is -2.87. The molecule has 0 amide bonds. The number of aromatic nitrogens is 2. The average Bonchev–Trinajstić information content (AvgIpc) is 2.81. The summed E-state index contributed by atoms with van der Waals surface area (Å²) in [6.45, 7) is -2.87. The normalized spacial score (nSPS) is 11.2. The monoisotopic (exact) mass is 278 g/mol. The maximum Gasteiger partial charge on any atom is 0.387 e. The third-order valence-corrected chi connectivity index (χ3v) is 2.77. The van der Waals surface area contributed by atoms with Crippen molar-refractivity contribution in [1.82, 2.24) is 9.38 Å². The van der Waals surface area contributed by atoms with E-state index in [0.717, 1.165) is 0 Å². The van der Waals surface area contributed by atoms with Crippen molar-refractivity contribution in [1.29, 1.82) is 0 Å². The molecule has 6 heteroatoms. The Morgan fingerprint density at radius 1 is 1.10 bits per heavy atom. The summed E-state index contributed by atoms with van der Waals surface area (Å²) < 4.78 is 43.3. The highest BCUT2D eigenvalue weighted by molar-refractivity contribution is 5.64. The van der Waals surface area contributed by atoms with Gasteiger partial charge in [0.15, 0.2) is 0 Å². The van der Waals surface area contributed by atoms with Gasteiger partial charge < -0.3 is 9.14 Å². The molecule has 0 radical (unpaired) electrons. The van der Waals surface area contributed by atoms with Crippen LogP contribution in [0.25, 0.3) is 16.9 Å². The maximum absolute atomic E-state index is 13.1. The first-order chi connectivity index (χ1) is 9.61. The lowest BCUT2D eigenvalue weighted by molar-refractivity contribution is -0.0498. The topological polar surface area (TPSA) is 26.5 Å². The average molecular weight is 278 g/mol. The molecule has 3 aromatic rings. The second-order valence-corrected chi connectivity index (χ2v) is 4.15. The fraction of sp³-hybridized carbons (Fsp3) is 0.0714. The van der Waals surface area contributed by atoms with Crippen LogP contribution in [0.3, 0.4) is 0 Å². The first-order valence-electron chi connectivity index (χ1n) is 5.81. The van der Waals surface area contributed by atoms with E-state index < -0.39 is 6.61 Å². The largest absolute Gasteiger partial charge is 0.435 e. The Labute approximate surface area is 112 Å². The SMILES string of the molecule is Fc1ccc2nc(-c3cccc(OC(F)F)c3)cn2c1. The second-order valence-electron chi connectivity index (χ2n) is 4.15. The van der Waals surface area contributed by atoms with Crippen LogP contribution in [0.1, 0.15) is 0 Å². The van der Waals surface area contributed by atoms with Gasteiger partial charge in [0.1, 0.15) is 17.2 Å². The van der Waals surface area contributed by atoms with Crippen molar-refractivity contribution in [3.8, 4) is 17.0 Å². The van der Waals surface area contributed by atoms with Gasteiger partial charge in [0.25, 0.3) is 0 Å². The van der Waals surface area contributed by atoms with Gasteiger partial charge in [0.05, 0.1) is 5.69 Å². The minimum absolute atomic E-state index is 0.0562. The van der Waals surface area contributed by atoms with Crippen LogP contribution >= 0.6 is 0 Å². The van der Waals surface area contributed by atoms with Gasteiger partial charge >= 0.3 is 6.61 Å². The summed E-state index contributed by atoms with van der Waals surface area (Å²) in [6.07, 6.45) is 2.92. The number of hydrogen-bond donors (Lipinski definition) is 0. The molecule has 0 spiro atoms. The van der Waals surface area contributed by atoms with E-state index in [2.05, 4.69) is 9.72 Å². The molecule has 0 N–H and O–H groups in total. The first-order valence-corrected chi connectivity index (χ1v) is 5.81. The standard InChI is InChI=1S/C14H9F3N2O/c15-10-4-5-13-18-12(8-19(13)7-10)9-2-1-3-11(6-9)20-14(16)17/h1-8,14H. The third-order valence-electron chi connectivity index (χ3n) is 2.77. The van der Waals surface area contributed by atoms with Crippen molar-refractivity contribution in [3.05, 3.63) is 54.6 Å². The van der Waals surface area contributed by atoms with Crippen LogP contribution in [0.2, 0.25) is 0 Å². The molecule has 0 aliphatic heterocycles. The van der Waals surface area contributed by atoms with Crippen LogP contribution in [-0.4, -0.2) is 16.0 Å². The van der Waals surface area contributed by atoms with Gasteiger partial charge in [-0.15, -0.1) is 0 Å². The molecule has 0 bridgehead atoms. The highest BCUT2D eigenvalue weighted by atomic mass is 19.3. The Morgan fingerprint density at radius 3 is 2.75 bits per heavy atom. The fourth-order valence-electron chi connectivity index (χ4n) is 1.94. The van der Waals surface area contributed by atoms with Crippen molar-refractivity contribution in [2.45, 2.75) is 6.61 Å². The number of hydrogen-bond acceptors (Lipinski definition) is 2. The van der Waals surface area contributed by atoms with Crippen LogP contribution in [0, 0.1) is 5.82 Å². The number of ether oxygens (including phenoxy) is 1. The molecule has 2 aromatic heterocycles. The van der Waals surface area contributed by atoms with E-state index in [1.165, 1.54) is 28.8 Å². The Hall–Kier alpha value is -2.50. The van der Waals surface area contributed by atoms with E-state index >= 15 is 0 Å². The lowest BCUT2D eigenvalue weighted by Crippen LogP contribution is -2.01. The van der Waals surface area contributed by atoms with E-state index in [-0.39, 0.29) is 11.6 Å². The summed E-state index contributed by atoms with van der Waals surface area (Å²) in [5.74, 6) is -0.322. The molecule has 102 valence electrons. The number of fused-ring (bicyclic) bond motifs is 1. The van der Waals surface area contributed by atoms with Crippen LogP contribution in [-0.2, 0) is 0 Å². The van der Waals surface area contributed by atoms with E-state index in [9.17, 15) is 13.2 Å². The molecule has 0 aliphatic carbocycles.